The van der Waals surface area contributed by atoms with Crippen LogP contribution in [0.5, 0.6) is 0 Å². The highest BCUT2D eigenvalue weighted by molar-refractivity contribution is 4.94. The minimum atomic E-state index is 0.389. The summed E-state index contributed by atoms with van der Waals surface area (Å²) in [7, 11) is 0. The summed E-state index contributed by atoms with van der Waals surface area (Å²) in [4.78, 5) is 2.72. The third-order valence-corrected chi connectivity index (χ3v) is 4.36. The fraction of sp³-hybridized carbons (Fsp3) is 1.00. The second-order valence-electron chi connectivity index (χ2n) is 5.89. The lowest BCUT2D eigenvalue weighted by atomic mass is 9.92. The number of piperidine rings is 1. The molecule has 0 bridgehead atoms. The molecule has 2 rings (SSSR count). The molecular weight excluding hydrogens is 184 g/mol. The molecule has 2 fully saturated rings. The van der Waals surface area contributed by atoms with Crippen molar-refractivity contribution >= 4 is 0 Å². The minimum absolute atomic E-state index is 0.389. The Labute approximate surface area is 94.4 Å². The van der Waals surface area contributed by atoms with Crippen molar-refractivity contribution in [2.24, 2.45) is 0 Å². The predicted octanol–water partition coefficient (Wildman–Crippen LogP) is 2.39. The van der Waals surface area contributed by atoms with Crippen LogP contribution in [0, 0.1) is 0 Å². The van der Waals surface area contributed by atoms with Crippen LogP contribution < -0.4 is 5.32 Å². The molecule has 1 unspecified atom stereocenters. The Morgan fingerprint density at radius 3 is 2.40 bits per heavy atom. The van der Waals surface area contributed by atoms with Crippen molar-refractivity contribution < 1.29 is 0 Å². The van der Waals surface area contributed by atoms with Gasteiger partial charge in [-0.15, -0.1) is 0 Å². The van der Waals surface area contributed by atoms with Gasteiger partial charge < -0.3 is 5.32 Å². The topological polar surface area (TPSA) is 15.3 Å². The van der Waals surface area contributed by atoms with Gasteiger partial charge in [-0.2, -0.15) is 0 Å². The largest absolute Gasteiger partial charge is 0.310 e. The molecule has 0 aromatic carbocycles. The lowest BCUT2D eigenvalue weighted by molar-refractivity contribution is 0.0740. The van der Waals surface area contributed by atoms with E-state index in [9.17, 15) is 0 Å². The van der Waals surface area contributed by atoms with Crippen LogP contribution in [0.1, 0.15) is 52.9 Å². The van der Waals surface area contributed by atoms with Gasteiger partial charge in [0, 0.05) is 24.2 Å². The highest BCUT2D eigenvalue weighted by Gasteiger charge is 2.34. The molecule has 1 N–H and O–H groups in total. The molecule has 88 valence electrons. The van der Waals surface area contributed by atoms with E-state index < -0.39 is 0 Å². The molecule has 2 heteroatoms. The third kappa shape index (κ3) is 2.54. The summed E-state index contributed by atoms with van der Waals surface area (Å²) in [5.41, 5.74) is 0.389. The molecular formula is C13H26N2. The number of nitrogens with one attached hydrogen (secondary N) is 1. The standard InChI is InChI=1S/C13H26N2/c1-11-6-4-7-12(2)15(11)10-13(3)8-5-9-14-13/h11-12,14H,4-10H2,1-3H3/t11-,12+,13?. The number of hydrogen-bond donors (Lipinski definition) is 1. The van der Waals surface area contributed by atoms with E-state index in [0.717, 1.165) is 12.1 Å². The lowest BCUT2D eigenvalue weighted by Crippen LogP contribution is -2.54. The molecule has 0 aliphatic carbocycles. The SMILES string of the molecule is C[C@@H]1CCC[C@H](C)N1CC1(C)CCCN1. The zero-order valence-corrected chi connectivity index (χ0v) is 10.6. The summed E-state index contributed by atoms with van der Waals surface area (Å²) in [5.74, 6) is 0. The van der Waals surface area contributed by atoms with Crippen LogP contribution in [0.3, 0.4) is 0 Å². The molecule has 2 aliphatic rings. The fourth-order valence-electron chi connectivity index (χ4n) is 3.28. The Kier molecular flexibility index (Phi) is 3.36. The molecule has 0 spiro atoms. The Balaban J connectivity index is 1.96. The first-order valence-corrected chi connectivity index (χ1v) is 6.61. The summed E-state index contributed by atoms with van der Waals surface area (Å²) in [6, 6.07) is 1.57. The third-order valence-electron chi connectivity index (χ3n) is 4.36. The van der Waals surface area contributed by atoms with Gasteiger partial charge in [0.15, 0.2) is 0 Å². The van der Waals surface area contributed by atoms with E-state index in [0.29, 0.717) is 5.54 Å². The second kappa shape index (κ2) is 4.42. The molecule has 0 amide bonds. The molecule has 2 nitrogen and oxygen atoms in total. The van der Waals surface area contributed by atoms with E-state index in [1.807, 2.05) is 0 Å². The Morgan fingerprint density at radius 1 is 1.20 bits per heavy atom. The van der Waals surface area contributed by atoms with Gasteiger partial charge in [0.25, 0.3) is 0 Å². The highest BCUT2D eigenvalue weighted by Crippen LogP contribution is 2.27. The van der Waals surface area contributed by atoms with Crippen molar-refractivity contribution in [1.82, 2.24) is 10.2 Å². The van der Waals surface area contributed by atoms with Gasteiger partial charge >= 0.3 is 0 Å². The molecule has 0 radical (unpaired) electrons. The highest BCUT2D eigenvalue weighted by atomic mass is 15.2. The molecule has 0 saturated carbocycles. The first kappa shape index (κ1) is 11.4. The van der Waals surface area contributed by atoms with E-state index >= 15 is 0 Å². The van der Waals surface area contributed by atoms with E-state index in [4.69, 9.17) is 0 Å². The van der Waals surface area contributed by atoms with E-state index in [1.165, 1.54) is 45.2 Å². The van der Waals surface area contributed by atoms with Gasteiger partial charge in [0.05, 0.1) is 0 Å². The number of hydrogen-bond acceptors (Lipinski definition) is 2. The maximum atomic E-state index is 3.68. The molecule has 0 aromatic heterocycles. The summed E-state index contributed by atoms with van der Waals surface area (Å²) in [6.07, 6.45) is 6.90. The van der Waals surface area contributed by atoms with Crippen LogP contribution in [0.25, 0.3) is 0 Å². The first-order chi connectivity index (χ1) is 7.11. The summed E-state index contributed by atoms with van der Waals surface area (Å²) in [6.45, 7) is 9.65. The zero-order valence-electron chi connectivity index (χ0n) is 10.6. The smallest absolute Gasteiger partial charge is 0.0281 e. The second-order valence-corrected chi connectivity index (χ2v) is 5.89. The van der Waals surface area contributed by atoms with Gasteiger partial charge in [0.1, 0.15) is 0 Å². The molecule has 2 heterocycles. The van der Waals surface area contributed by atoms with Gasteiger partial charge in [-0.05, 0) is 53.0 Å². The van der Waals surface area contributed by atoms with Crippen molar-refractivity contribution in [3.05, 3.63) is 0 Å². The van der Waals surface area contributed by atoms with Gasteiger partial charge in [-0.3, -0.25) is 4.90 Å². The van der Waals surface area contributed by atoms with Gasteiger partial charge in [-0.25, -0.2) is 0 Å². The Hall–Kier alpha value is -0.0800. The van der Waals surface area contributed by atoms with Crippen molar-refractivity contribution in [3.63, 3.8) is 0 Å². The summed E-state index contributed by atoms with van der Waals surface area (Å²) < 4.78 is 0. The van der Waals surface area contributed by atoms with Gasteiger partial charge in [-0.1, -0.05) is 6.42 Å². The quantitative estimate of drug-likeness (QED) is 0.753. The van der Waals surface area contributed by atoms with Crippen LogP contribution in [0.15, 0.2) is 0 Å². The summed E-state index contributed by atoms with van der Waals surface area (Å²) in [5, 5.41) is 3.68. The van der Waals surface area contributed by atoms with E-state index in [2.05, 4.69) is 31.0 Å². The molecule has 3 atom stereocenters. The normalized spacial score (nSPS) is 43.4. The van der Waals surface area contributed by atoms with Gasteiger partial charge in [0.2, 0.25) is 0 Å². The van der Waals surface area contributed by atoms with Crippen LogP contribution >= 0.6 is 0 Å². The minimum Gasteiger partial charge on any atom is -0.310 e. The monoisotopic (exact) mass is 210 g/mol. The number of rotatable bonds is 2. The lowest BCUT2D eigenvalue weighted by Gasteiger charge is -2.43. The zero-order chi connectivity index (χ0) is 10.9. The average molecular weight is 210 g/mol. The molecule has 2 saturated heterocycles. The predicted molar refractivity (Wildman–Crippen MR) is 65.1 cm³/mol. The first-order valence-electron chi connectivity index (χ1n) is 6.61. The van der Waals surface area contributed by atoms with Crippen molar-refractivity contribution in [1.29, 1.82) is 0 Å². The van der Waals surface area contributed by atoms with Crippen LogP contribution in [-0.2, 0) is 0 Å². The van der Waals surface area contributed by atoms with Crippen LogP contribution in [0.4, 0.5) is 0 Å². The number of likely N-dealkylation sites (tertiary alicyclic amines) is 1. The summed E-state index contributed by atoms with van der Waals surface area (Å²) >= 11 is 0. The van der Waals surface area contributed by atoms with Crippen molar-refractivity contribution in [2.45, 2.75) is 70.5 Å². The molecule has 2 aliphatic heterocycles. The van der Waals surface area contributed by atoms with Crippen molar-refractivity contribution in [3.8, 4) is 0 Å². The van der Waals surface area contributed by atoms with Crippen molar-refractivity contribution in [2.75, 3.05) is 13.1 Å². The van der Waals surface area contributed by atoms with Crippen LogP contribution in [0.2, 0.25) is 0 Å². The van der Waals surface area contributed by atoms with Crippen LogP contribution in [-0.4, -0.2) is 35.6 Å². The maximum absolute atomic E-state index is 3.68. The molecule has 0 aromatic rings. The van der Waals surface area contributed by atoms with E-state index in [1.54, 1.807) is 0 Å². The Morgan fingerprint density at radius 2 is 1.87 bits per heavy atom. The number of nitrogens with zero attached hydrogens (tertiary/aromatic N) is 1. The van der Waals surface area contributed by atoms with E-state index in [-0.39, 0.29) is 0 Å². The average Bonchev–Trinajstić information content (AvgIpc) is 2.60. The fourth-order valence-corrected chi connectivity index (χ4v) is 3.28. The molecule has 15 heavy (non-hydrogen) atoms. The Bertz CT molecular complexity index is 199. The maximum Gasteiger partial charge on any atom is 0.0281 e.